The first-order valence-electron chi connectivity index (χ1n) is 5.66. The van der Waals surface area contributed by atoms with Gasteiger partial charge in [0.05, 0.1) is 12.3 Å². The standard InChI is InChI=1S/C13H10FN3O2/c14-9-3-1-8(2-4-9)11-10(7-18)12-13(19)15-5-6-17(12)16-11/h1-6,18H,7H2,(H,15,19). The average Bonchev–Trinajstić information content (AvgIpc) is 2.79. The number of rotatable bonds is 2. The molecule has 0 fully saturated rings. The first-order chi connectivity index (χ1) is 9.20. The highest BCUT2D eigenvalue weighted by molar-refractivity contribution is 5.71. The van der Waals surface area contributed by atoms with Crippen LogP contribution in [0.15, 0.2) is 41.5 Å². The maximum absolute atomic E-state index is 12.9. The van der Waals surface area contributed by atoms with Crippen LogP contribution in [0.3, 0.4) is 0 Å². The van der Waals surface area contributed by atoms with Gasteiger partial charge < -0.3 is 10.1 Å². The molecule has 3 rings (SSSR count). The highest BCUT2D eigenvalue weighted by Crippen LogP contribution is 2.24. The van der Waals surface area contributed by atoms with E-state index in [0.29, 0.717) is 22.3 Å². The average molecular weight is 259 g/mol. The number of aliphatic hydroxyl groups is 1. The van der Waals surface area contributed by atoms with Crippen LogP contribution in [0.25, 0.3) is 16.8 Å². The van der Waals surface area contributed by atoms with Crippen LogP contribution in [0.4, 0.5) is 4.39 Å². The van der Waals surface area contributed by atoms with Gasteiger partial charge in [-0.25, -0.2) is 8.91 Å². The van der Waals surface area contributed by atoms with Gasteiger partial charge in [0.2, 0.25) is 0 Å². The number of benzene rings is 1. The third-order valence-corrected chi connectivity index (χ3v) is 2.93. The molecular formula is C13H10FN3O2. The van der Waals surface area contributed by atoms with Gasteiger partial charge in [0.1, 0.15) is 11.3 Å². The Morgan fingerprint density at radius 1 is 1.32 bits per heavy atom. The van der Waals surface area contributed by atoms with E-state index < -0.39 is 0 Å². The molecule has 19 heavy (non-hydrogen) atoms. The minimum absolute atomic E-state index is 0.296. The molecular weight excluding hydrogens is 249 g/mol. The lowest BCUT2D eigenvalue weighted by atomic mass is 10.1. The maximum atomic E-state index is 12.9. The monoisotopic (exact) mass is 259 g/mol. The summed E-state index contributed by atoms with van der Waals surface area (Å²) in [5.74, 6) is -0.351. The predicted octanol–water partition coefficient (Wildman–Crippen LogP) is 1.32. The number of hydrogen-bond donors (Lipinski definition) is 2. The molecule has 6 heteroatoms. The molecule has 0 spiro atoms. The van der Waals surface area contributed by atoms with Crippen LogP contribution in [-0.2, 0) is 6.61 Å². The fraction of sp³-hybridized carbons (Fsp3) is 0.0769. The van der Waals surface area contributed by atoms with Crippen LogP contribution in [0.2, 0.25) is 0 Å². The summed E-state index contributed by atoms with van der Waals surface area (Å²) in [5, 5.41) is 13.7. The molecule has 0 saturated carbocycles. The summed E-state index contributed by atoms with van der Waals surface area (Å²) < 4.78 is 14.3. The zero-order chi connectivity index (χ0) is 13.4. The van der Waals surface area contributed by atoms with Crippen molar-refractivity contribution in [3.8, 4) is 11.3 Å². The van der Waals surface area contributed by atoms with Gasteiger partial charge in [-0.2, -0.15) is 5.10 Å². The molecule has 1 aromatic carbocycles. The van der Waals surface area contributed by atoms with E-state index in [2.05, 4.69) is 10.1 Å². The molecule has 0 saturated heterocycles. The molecule has 3 aromatic rings. The first kappa shape index (κ1) is 11.6. The van der Waals surface area contributed by atoms with Crippen molar-refractivity contribution in [3.05, 3.63) is 58.4 Å². The second-order valence-corrected chi connectivity index (χ2v) is 4.07. The number of nitrogens with one attached hydrogen (secondary N) is 1. The third-order valence-electron chi connectivity index (χ3n) is 2.93. The summed E-state index contributed by atoms with van der Waals surface area (Å²) in [6, 6.07) is 5.74. The van der Waals surface area contributed by atoms with Gasteiger partial charge in [-0.3, -0.25) is 4.79 Å². The Morgan fingerprint density at radius 3 is 2.74 bits per heavy atom. The van der Waals surface area contributed by atoms with Gasteiger partial charge in [-0.05, 0) is 24.3 Å². The van der Waals surface area contributed by atoms with Gasteiger partial charge in [0.15, 0.2) is 0 Å². The van der Waals surface area contributed by atoms with Gasteiger partial charge in [-0.1, -0.05) is 0 Å². The van der Waals surface area contributed by atoms with Crippen molar-refractivity contribution in [2.75, 3.05) is 0 Å². The highest BCUT2D eigenvalue weighted by Gasteiger charge is 2.15. The Kier molecular flexibility index (Phi) is 2.64. The Balaban J connectivity index is 2.32. The van der Waals surface area contributed by atoms with Crippen LogP contribution in [0.1, 0.15) is 5.56 Å². The minimum Gasteiger partial charge on any atom is -0.392 e. The number of nitrogens with zero attached hydrogens (tertiary/aromatic N) is 2. The SMILES string of the molecule is O=c1[nH]ccn2nc(-c3ccc(F)cc3)c(CO)c12. The van der Waals surface area contributed by atoms with Crippen LogP contribution in [0, 0.1) is 5.82 Å². The Morgan fingerprint density at radius 2 is 2.05 bits per heavy atom. The number of hydrogen-bond acceptors (Lipinski definition) is 3. The van der Waals surface area contributed by atoms with E-state index in [1.807, 2.05) is 0 Å². The summed E-state index contributed by atoms with van der Waals surface area (Å²) in [6.07, 6.45) is 3.06. The molecule has 0 bridgehead atoms. The van der Waals surface area contributed by atoms with Crippen molar-refractivity contribution in [2.24, 2.45) is 0 Å². The molecule has 96 valence electrons. The zero-order valence-electron chi connectivity index (χ0n) is 9.80. The first-order valence-corrected chi connectivity index (χ1v) is 5.66. The second-order valence-electron chi connectivity index (χ2n) is 4.07. The number of aromatic nitrogens is 3. The number of aromatic amines is 1. The van der Waals surface area contributed by atoms with Crippen LogP contribution < -0.4 is 5.56 Å². The lowest BCUT2D eigenvalue weighted by Crippen LogP contribution is -2.09. The van der Waals surface area contributed by atoms with Crippen molar-refractivity contribution in [2.45, 2.75) is 6.61 Å². The number of fused-ring (bicyclic) bond motifs is 1. The molecule has 0 unspecified atom stereocenters. The number of aliphatic hydroxyl groups excluding tert-OH is 1. The molecule has 0 aliphatic rings. The van der Waals surface area contributed by atoms with Gasteiger partial charge in [0, 0.05) is 23.5 Å². The summed E-state index contributed by atoms with van der Waals surface area (Å²) in [4.78, 5) is 14.3. The minimum atomic E-state index is -0.351. The van der Waals surface area contributed by atoms with Crippen LogP contribution in [0.5, 0.6) is 0 Å². The molecule has 0 radical (unpaired) electrons. The Labute approximate surface area is 107 Å². The lowest BCUT2D eigenvalue weighted by molar-refractivity contribution is 0.283. The Bertz CT molecular complexity index is 790. The number of halogens is 1. The fourth-order valence-corrected chi connectivity index (χ4v) is 2.06. The highest BCUT2D eigenvalue weighted by atomic mass is 19.1. The lowest BCUT2D eigenvalue weighted by Gasteiger charge is -1.99. The van der Waals surface area contributed by atoms with Gasteiger partial charge >= 0.3 is 0 Å². The molecule has 2 aromatic heterocycles. The van der Waals surface area contributed by atoms with Crippen LogP contribution in [-0.4, -0.2) is 19.7 Å². The number of H-pyrrole nitrogens is 1. The van der Waals surface area contributed by atoms with Crippen LogP contribution >= 0.6 is 0 Å². The smallest absolute Gasteiger partial charge is 0.274 e. The van der Waals surface area contributed by atoms with E-state index in [9.17, 15) is 14.3 Å². The largest absolute Gasteiger partial charge is 0.392 e. The summed E-state index contributed by atoms with van der Waals surface area (Å²) in [7, 11) is 0. The third kappa shape index (κ3) is 1.82. The topological polar surface area (TPSA) is 70.4 Å². The van der Waals surface area contributed by atoms with E-state index in [0.717, 1.165) is 0 Å². The van der Waals surface area contributed by atoms with E-state index in [1.165, 1.54) is 22.8 Å². The summed E-state index contributed by atoms with van der Waals surface area (Å²) in [5.41, 5.74) is 1.51. The van der Waals surface area contributed by atoms with Gasteiger partial charge in [-0.15, -0.1) is 0 Å². The molecule has 0 aliphatic heterocycles. The van der Waals surface area contributed by atoms with E-state index in [4.69, 9.17) is 0 Å². The van der Waals surface area contributed by atoms with Gasteiger partial charge in [0.25, 0.3) is 5.56 Å². The Hall–Kier alpha value is -2.47. The molecule has 5 nitrogen and oxygen atoms in total. The predicted molar refractivity (Wildman–Crippen MR) is 67.1 cm³/mol. The zero-order valence-corrected chi connectivity index (χ0v) is 9.80. The fourth-order valence-electron chi connectivity index (χ4n) is 2.06. The van der Waals surface area contributed by atoms with Crippen molar-refractivity contribution in [1.29, 1.82) is 0 Å². The van der Waals surface area contributed by atoms with Crippen molar-refractivity contribution in [3.63, 3.8) is 0 Å². The quantitative estimate of drug-likeness (QED) is 0.729. The van der Waals surface area contributed by atoms with Crippen molar-refractivity contribution in [1.82, 2.24) is 14.6 Å². The molecule has 0 atom stereocenters. The summed E-state index contributed by atoms with van der Waals surface area (Å²) in [6.45, 7) is -0.316. The summed E-state index contributed by atoms with van der Waals surface area (Å²) >= 11 is 0. The van der Waals surface area contributed by atoms with Crippen molar-refractivity contribution < 1.29 is 9.50 Å². The molecule has 0 aliphatic carbocycles. The van der Waals surface area contributed by atoms with E-state index in [1.54, 1.807) is 18.3 Å². The normalized spacial score (nSPS) is 11.1. The van der Waals surface area contributed by atoms with Crippen molar-refractivity contribution >= 4 is 5.52 Å². The van der Waals surface area contributed by atoms with E-state index >= 15 is 0 Å². The maximum Gasteiger partial charge on any atom is 0.274 e. The molecule has 2 heterocycles. The molecule has 2 N–H and O–H groups in total. The van der Waals surface area contributed by atoms with E-state index in [-0.39, 0.29) is 18.0 Å². The molecule has 0 amide bonds. The second kappa shape index (κ2) is 4.33.